The Labute approximate surface area is 173 Å². The highest BCUT2D eigenvalue weighted by atomic mass is 31.2. The minimum Gasteiger partial charge on any atom is -0.293 e. The van der Waals surface area contributed by atoms with Crippen molar-refractivity contribution in [2.75, 3.05) is 25.4 Å². The first kappa shape index (κ1) is 19.7. The number of nitrogens with one attached hydrogen (secondary N) is 1. The van der Waals surface area contributed by atoms with Crippen LogP contribution in [-0.4, -0.2) is 51.4 Å². The van der Waals surface area contributed by atoms with Crippen molar-refractivity contribution in [3.05, 3.63) is 69.6 Å². The third-order valence-electron chi connectivity index (χ3n) is 6.24. The van der Waals surface area contributed by atoms with Crippen molar-refractivity contribution in [2.24, 2.45) is 0 Å². The van der Waals surface area contributed by atoms with Crippen molar-refractivity contribution in [1.82, 2.24) is 15.1 Å². The number of hydrogen-bond acceptors (Lipinski definition) is 4. The van der Waals surface area contributed by atoms with Gasteiger partial charge in [-0.25, -0.2) is 18.8 Å². The van der Waals surface area contributed by atoms with Gasteiger partial charge in [-0.05, 0) is 48.7 Å². The molecule has 30 heavy (non-hydrogen) atoms. The molecule has 2 aliphatic rings. The summed E-state index contributed by atoms with van der Waals surface area (Å²) in [6, 6.07) is 9.51. The smallest absolute Gasteiger partial charge is 0.272 e. The van der Waals surface area contributed by atoms with Crippen LogP contribution in [0.2, 0.25) is 0 Å². The number of halogens is 2. The summed E-state index contributed by atoms with van der Waals surface area (Å²) in [5.74, 6) is -0.852. The summed E-state index contributed by atoms with van der Waals surface area (Å²) >= 11 is 0. The zero-order valence-electron chi connectivity index (χ0n) is 16.4. The van der Waals surface area contributed by atoms with Crippen LogP contribution in [-0.2, 0) is 6.42 Å². The fourth-order valence-corrected chi connectivity index (χ4v) is 7.13. The van der Waals surface area contributed by atoms with E-state index in [0.29, 0.717) is 41.2 Å². The number of rotatable bonds is 4. The molecule has 2 fully saturated rings. The van der Waals surface area contributed by atoms with E-state index in [-0.39, 0.29) is 11.2 Å². The van der Waals surface area contributed by atoms with Crippen LogP contribution in [0, 0.1) is 11.6 Å². The SMILES string of the molecule is O=c1[nH]nc(Cc2ccc(F)c([P+]3(O)CCN(C4CC4)CC3)c2)c2ccc(F)cc12. The summed E-state index contributed by atoms with van der Waals surface area (Å²) < 4.78 is 28.3. The molecule has 0 bridgehead atoms. The van der Waals surface area contributed by atoms with E-state index in [2.05, 4.69) is 15.1 Å². The highest BCUT2D eigenvalue weighted by molar-refractivity contribution is 7.77. The van der Waals surface area contributed by atoms with E-state index in [0.717, 1.165) is 18.7 Å². The Bertz CT molecular complexity index is 1170. The molecule has 0 atom stereocenters. The van der Waals surface area contributed by atoms with E-state index >= 15 is 0 Å². The third-order valence-corrected chi connectivity index (χ3v) is 9.36. The zero-order valence-corrected chi connectivity index (χ0v) is 17.3. The molecule has 1 aliphatic carbocycles. The van der Waals surface area contributed by atoms with Crippen molar-refractivity contribution in [3.8, 4) is 0 Å². The molecule has 5 nitrogen and oxygen atoms in total. The van der Waals surface area contributed by atoms with Crippen molar-refractivity contribution in [3.63, 3.8) is 0 Å². The third kappa shape index (κ3) is 3.66. The Morgan fingerprint density at radius 3 is 2.60 bits per heavy atom. The monoisotopic (exact) mass is 430 g/mol. The van der Waals surface area contributed by atoms with Gasteiger partial charge in [0, 0.05) is 30.9 Å². The lowest BCUT2D eigenvalue weighted by Crippen LogP contribution is -2.41. The maximum Gasteiger partial charge on any atom is 0.272 e. The quantitative estimate of drug-likeness (QED) is 0.625. The number of hydrogen-bond donors (Lipinski definition) is 2. The van der Waals surface area contributed by atoms with Gasteiger partial charge in [0.05, 0.1) is 11.1 Å². The highest BCUT2D eigenvalue weighted by Gasteiger charge is 2.46. The molecule has 2 aromatic carbocycles. The van der Waals surface area contributed by atoms with Gasteiger partial charge in [0.1, 0.15) is 18.1 Å². The minimum absolute atomic E-state index is 0.237. The Kier molecular flexibility index (Phi) is 4.92. The van der Waals surface area contributed by atoms with E-state index in [4.69, 9.17) is 0 Å². The summed E-state index contributed by atoms with van der Waals surface area (Å²) in [4.78, 5) is 25.7. The van der Waals surface area contributed by atoms with Crippen LogP contribution in [0.1, 0.15) is 24.1 Å². The molecule has 2 heterocycles. The average Bonchev–Trinajstić information content (AvgIpc) is 3.57. The van der Waals surface area contributed by atoms with Gasteiger partial charge in [-0.15, -0.1) is 0 Å². The molecule has 2 N–H and O–H groups in total. The summed E-state index contributed by atoms with van der Waals surface area (Å²) in [6.07, 6.45) is 4.03. The van der Waals surface area contributed by atoms with Crippen LogP contribution in [0.15, 0.2) is 41.2 Å². The van der Waals surface area contributed by atoms with E-state index in [1.54, 1.807) is 18.2 Å². The molecule has 5 rings (SSSR count). The molecule has 1 aromatic heterocycles. The van der Waals surface area contributed by atoms with Gasteiger partial charge in [-0.3, -0.25) is 9.69 Å². The Morgan fingerprint density at radius 1 is 1.10 bits per heavy atom. The summed E-state index contributed by atoms with van der Waals surface area (Å²) in [5, 5.41) is 7.78. The maximum atomic E-state index is 14.7. The Morgan fingerprint density at radius 2 is 1.87 bits per heavy atom. The van der Waals surface area contributed by atoms with E-state index in [1.165, 1.54) is 31.0 Å². The molecule has 0 unspecified atom stereocenters. The first-order valence-corrected chi connectivity index (χ1v) is 12.3. The lowest BCUT2D eigenvalue weighted by atomic mass is 10.0. The first-order valence-electron chi connectivity index (χ1n) is 10.2. The van der Waals surface area contributed by atoms with Gasteiger partial charge in [-0.1, -0.05) is 6.07 Å². The fourth-order valence-electron chi connectivity index (χ4n) is 4.37. The molecule has 0 radical (unpaired) electrons. The number of aromatic nitrogens is 2. The second-order valence-electron chi connectivity index (χ2n) is 8.29. The summed E-state index contributed by atoms with van der Waals surface area (Å²) in [5.41, 5.74) is 0.932. The van der Waals surface area contributed by atoms with Crippen LogP contribution < -0.4 is 10.9 Å². The van der Waals surface area contributed by atoms with E-state index in [1.807, 2.05) is 0 Å². The van der Waals surface area contributed by atoms with Crippen molar-refractivity contribution in [1.29, 1.82) is 0 Å². The van der Waals surface area contributed by atoms with Gasteiger partial charge < -0.3 is 0 Å². The van der Waals surface area contributed by atoms with Crippen LogP contribution in [0.4, 0.5) is 8.78 Å². The number of fused-ring (bicyclic) bond motifs is 1. The molecule has 0 spiro atoms. The lowest BCUT2D eigenvalue weighted by molar-refractivity contribution is 0.282. The highest BCUT2D eigenvalue weighted by Crippen LogP contribution is 2.56. The number of H-pyrrole nitrogens is 1. The maximum absolute atomic E-state index is 14.7. The van der Waals surface area contributed by atoms with Gasteiger partial charge in [0.25, 0.3) is 5.56 Å². The van der Waals surface area contributed by atoms with Crippen LogP contribution in [0.5, 0.6) is 0 Å². The van der Waals surface area contributed by atoms with Crippen LogP contribution in [0.25, 0.3) is 10.8 Å². The zero-order chi connectivity index (χ0) is 20.9. The molecular formula is C22H23F2N3O2P+. The summed E-state index contributed by atoms with van der Waals surface area (Å²) in [6.45, 7) is 1.63. The molecule has 1 saturated heterocycles. The van der Waals surface area contributed by atoms with Crippen LogP contribution in [0.3, 0.4) is 0 Å². The Hall–Kier alpha value is -2.21. The first-order chi connectivity index (χ1) is 14.4. The summed E-state index contributed by atoms with van der Waals surface area (Å²) in [7, 11) is -2.54. The predicted octanol–water partition coefficient (Wildman–Crippen LogP) is 2.82. The number of benzene rings is 2. The molecule has 1 saturated carbocycles. The van der Waals surface area contributed by atoms with Gasteiger partial charge >= 0.3 is 0 Å². The topological polar surface area (TPSA) is 69.2 Å². The van der Waals surface area contributed by atoms with Gasteiger partial charge in [0.2, 0.25) is 0 Å². The lowest BCUT2D eigenvalue weighted by Gasteiger charge is -2.32. The predicted molar refractivity (Wildman–Crippen MR) is 115 cm³/mol. The van der Waals surface area contributed by atoms with Crippen molar-refractivity contribution in [2.45, 2.75) is 25.3 Å². The standard InChI is InChI=1S/C22H22F2N3O2P/c23-15-2-5-17-18(13-15)22(28)26-25-20(17)11-14-1-6-19(24)21(12-14)30(29)9-7-27(8-10-30)16-3-4-16/h1-2,5-6,12-13,16,29H,3-4,7-11H2/p+1. The van der Waals surface area contributed by atoms with Crippen LogP contribution >= 0.6 is 7.49 Å². The van der Waals surface area contributed by atoms with Crippen molar-refractivity contribution < 1.29 is 13.7 Å². The van der Waals surface area contributed by atoms with Gasteiger partial charge in [0.15, 0.2) is 18.6 Å². The van der Waals surface area contributed by atoms with Crippen molar-refractivity contribution >= 4 is 23.6 Å². The molecule has 0 amide bonds. The second-order valence-corrected chi connectivity index (χ2v) is 11.5. The average molecular weight is 430 g/mol. The number of nitrogens with zero attached hydrogens (tertiary/aromatic N) is 2. The van der Waals surface area contributed by atoms with E-state index in [9.17, 15) is 18.5 Å². The Balaban J connectivity index is 1.45. The molecule has 156 valence electrons. The minimum atomic E-state index is -2.54. The number of aromatic amines is 1. The second kappa shape index (κ2) is 7.49. The molecule has 3 aromatic rings. The van der Waals surface area contributed by atoms with E-state index < -0.39 is 18.9 Å². The normalized spacial score (nSPS) is 19.3. The molecular weight excluding hydrogens is 407 g/mol. The van der Waals surface area contributed by atoms with Gasteiger partial charge in [-0.2, -0.15) is 5.10 Å². The molecule has 1 aliphatic heterocycles. The fraction of sp³-hybridized carbons (Fsp3) is 0.364. The largest absolute Gasteiger partial charge is 0.293 e. The molecule has 8 heteroatoms.